The molecule has 0 bridgehead atoms. The van der Waals surface area contributed by atoms with Gasteiger partial charge in [-0.2, -0.15) is 13.2 Å². The molecule has 19 heavy (non-hydrogen) atoms. The van der Waals surface area contributed by atoms with Gasteiger partial charge in [0.15, 0.2) is 0 Å². The first-order chi connectivity index (χ1) is 8.99. The summed E-state index contributed by atoms with van der Waals surface area (Å²) < 4.78 is 37.7. The Bertz CT molecular complexity index is 409. The molecule has 0 atom stereocenters. The maximum absolute atomic E-state index is 12.6. The Labute approximate surface area is 111 Å². The molecule has 1 aliphatic heterocycles. The predicted octanol–water partition coefficient (Wildman–Crippen LogP) is 3.50. The maximum Gasteiger partial charge on any atom is 0.391 e. The van der Waals surface area contributed by atoms with E-state index in [1.54, 1.807) is 0 Å². The van der Waals surface area contributed by atoms with Crippen LogP contribution in [0.1, 0.15) is 18.4 Å². The van der Waals surface area contributed by atoms with E-state index in [1.165, 1.54) is 0 Å². The van der Waals surface area contributed by atoms with Crippen LogP contribution in [-0.4, -0.2) is 31.2 Å². The van der Waals surface area contributed by atoms with Crippen molar-refractivity contribution < 1.29 is 13.2 Å². The molecule has 0 spiro atoms. The van der Waals surface area contributed by atoms with Gasteiger partial charge in [0, 0.05) is 19.3 Å². The Morgan fingerprint density at radius 3 is 2.53 bits per heavy atom. The van der Waals surface area contributed by atoms with Crippen LogP contribution >= 0.6 is 0 Å². The molecule has 0 amide bonds. The topological polar surface area (TPSA) is 15.3 Å². The highest BCUT2D eigenvalue weighted by molar-refractivity contribution is 5.44. The molecule has 1 heterocycles. The quantitative estimate of drug-likeness (QED) is 0.906. The number of likely N-dealkylation sites (tertiary alicyclic amines) is 1. The Kier molecular flexibility index (Phi) is 4.34. The molecule has 5 heteroatoms. The van der Waals surface area contributed by atoms with Crippen molar-refractivity contribution in [1.29, 1.82) is 0 Å². The highest BCUT2D eigenvalue weighted by Gasteiger charge is 2.40. The van der Waals surface area contributed by atoms with Crippen LogP contribution < -0.4 is 5.32 Å². The second-order valence-corrected chi connectivity index (χ2v) is 5.04. The van der Waals surface area contributed by atoms with Crippen LogP contribution in [0, 0.1) is 5.92 Å². The lowest BCUT2D eigenvalue weighted by Gasteiger charge is -2.32. The number of anilines is 1. The molecule has 2 rings (SSSR count). The molecular weight excluding hydrogens is 253 g/mol. The summed E-state index contributed by atoms with van der Waals surface area (Å²) in [6, 6.07) is 7.98. The maximum atomic E-state index is 12.6. The Morgan fingerprint density at radius 1 is 1.26 bits per heavy atom. The van der Waals surface area contributed by atoms with Crippen LogP contribution in [0.2, 0.25) is 0 Å². The molecule has 1 aromatic rings. The van der Waals surface area contributed by atoms with Gasteiger partial charge in [-0.25, -0.2) is 0 Å². The van der Waals surface area contributed by atoms with Gasteiger partial charge < -0.3 is 5.32 Å². The van der Waals surface area contributed by atoms with Crippen LogP contribution in [0.25, 0.3) is 0 Å². The lowest BCUT2D eigenvalue weighted by molar-refractivity contribution is -0.185. The van der Waals surface area contributed by atoms with E-state index in [4.69, 9.17) is 0 Å². The van der Waals surface area contributed by atoms with Crippen molar-refractivity contribution in [3.05, 3.63) is 29.8 Å². The SMILES string of the molecule is CNc1cccc(CN2CCC(C(F)(F)F)CC2)c1. The number of nitrogens with zero attached hydrogens (tertiary/aromatic N) is 1. The third kappa shape index (κ3) is 3.86. The molecule has 0 unspecified atom stereocenters. The minimum absolute atomic E-state index is 0.217. The number of nitrogens with one attached hydrogen (secondary N) is 1. The van der Waals surface area contributed by atoms with Crippen molar-refractivity contribution in [2.45, 2.75) is 25.6 Å². The van der Waals surface area contributed by atoms with Crippen LogP contribution in [0.5, 0.6) is 0 Å². The molecule has 2 nitrogen and oxygen atoms in total. The van der Waals surface area contributed by atoms with Gasteiger partial charge in [-0.05, 0) is 43.6 Å². The van der Waals surface area contributed by atoms with Gasteiger partial charge in [-0.1, -0.05) is 12.1 Å². The monoisotopic (exact) mass is 272 g/mol. The minimum atomic E-state index is -4.03. The fourth-order valence-corrected chi connectivity index (χ4v) is 2.50. The number of benzene rings is 1. The van der Waals surface area contributed by atoms with Gasteiger partial charge in [-0.3, -0.25) is 4.90 Å². The third-order valence-electron chi connectivity index (χ3n) is 3.67. The minimum Gasteiger partial charge on any atom is -0.388 e. The van der Waals surface area contributed by atoms with Crippen molar-refractivity contribution >= 4 is 5.69 Å². The Morgan fingerprint density at radius 2 is 1.95 bits per heavy atom. The number of hydrogen-bond donors (Lipinski definition) is 1. The summed E-state index contributed by atoms with van der Waals surface area (Å²) in [6.45, 7) is 1.77. The molecule has 0 radical (unpaired) electrons. The smallest absolute Gasteiger partial charge is 0.388 e. The van der Waals surface area contributed by atoms with Crippen LogP contribution in [0.4, 0.5) is 18.9 Å². The third-order valence-corrected chi connectivity index (χ3v) is 3.67. The molecule has 0 aromatic heterocycles. The predicted molar refractivity (Wildman–Crippen MR) is 70.0 cm³/mol. The molecule has 1 saturated heterocycles. The van der Waals surface area contributed by atoms with E-state index in [-0.39, 0.29) is 12.8 Å². The molecule has 1 aromatic carbocycles. The number of rotatable bonds is 3. The normalized spacial score (nSPS) is 18.5. The van der Waals surface area contributed by atoms with Gasteiger partial charge in [0.1, 0.15) is 0 Å². The molecule has 1 aliphatic rings. The average Bonchev–Trinajstić information content (AvgIpc) is 2.38. The van der Waals surface area contributed by atoms with Gasteiger partial charge in [0.2, 0.25) is 0 Å². The fourth-order valence-electron chi connectivity index (χ4n) is 2.50. The fraction of sp³-hybridized carbons (Fsp3) is 0.571. The van der Waals surface area contributed by atoms with E-state index < -0.39 is 12.1 Å². The summed E-state index contributed by atoms with van der Waals surface area (Å²) in [7, 11) is 1.86. The number of alkyl halides is 3. The molecule has 106 valence electrons. The van der Waals surface area contributed by atoms with Crippen LogP contribution in [-0.2, 0) is 6.54 Å². The first-order valence-electron chi connectivity index (χ1n) is 6.55. The van der Waals surface area contributed by atoms with Crippen molar-refractivity contribution in [3.8, 4) is 0 Å². The lowest BCUT2D eigenvalue weighted by Crippen LogP contribution is -2.38. The summed E-state index contributed by atoms with van der Waals surface area (Å²) in [5.74, 6) is -1.12. The zero-order chi connectivity index (χ0) is 13.9. The number of hydrogen-bond acceptors (Lipinski definition) is 2. The highest BCUT2D eigenvalue weighted by atomic mass is 19.4. The summed E-state index contributed by atoms with van der Waals surface area (Å²) in [5.41, 5.74) is 2.17. The van der Waals surface area contributed by atoms with E-state index in [9.17, 15) is 13.2 Å². The second-order valence-electron chi connectivity index (χ2n) is 5.04. The summed E-state index contributed by atoms with van der Waals surface area (Å²) in [5, 5.41) is 3.06. The number of piperidine rings is 1. The van der Waals surface area contributed by atoms with Gasteiger partial charge >= 0.3 is 6.18 Å². The first-order valence-corrected chi connectivity index (χ1v) is 6.55. The van der Waals surface area contributed by atoms with E-state index in [0.717, 1.165) is 17.8 Å². The Hall–Kier alpha value is -1.23. The van der Waals surface area contributed by atoms with Gasteiger partial charge in [0.25, 0.3) is 0 Å². The van der Waals surface area contributed by atoms with Crippen LogP contribution in [0.15, 0.2) is 24.3 Å². The van der Waals surface area contributed by atoms with E-state index in [2.05, 4.69) is 10.2 Å². The Balaban J connectivity index is 1.88. The van der Waals surface area contributed by atoms with Crippen molar-refractivity contribution in [2.24, 2.45) is 5.92 Å². The van der Waals surface area contributed by atoms with Crippen molar-refractivity contribution in [1.82, 2.24) is 4.90 Å². The summed E-state index contributed by atoms with van der Waals surface area (Å²) in [6.07, 6.45) is -3.59. The van der Waals surface area contributed by atoms with Gasteiger partial charge in [-0.15, -0.1) is 0 Å². The lowest BCUT2D eigenvalue weighted by atomic mass is 9.96. The average molecular weight is 272 g/mol. The van der Waals surface area contributed by atoms with E-state index in [1.807, 2.05) is 31.3 Å². The molecule has 1 fully saturated rings. The summed E-state index contributed by atoms with van der Waals surface area (Å²) >= 11 is 0. The summed E-state index contributed by atoms with van der Waals surface area (Å²) in [4.78, 5) is 2.09. The molecular formula is C14H19F3N2. The van der Waals surface area contributed by atoms with E-state index in [0.29, 0.717) is 13.1 Å². The number of halogens is 3. The molecule has 0 aliphatic carbocycles. The first kappa shape index (κ1) is 14.2. The molecule has 0 saturated carbocycles. The van der Waals surface area contributed by atoms with Gasteiger partial charge in [0.05, 0.1) is 5.92 Å². The standard InChI is InChI=1S/C14H19F3N2/c1-18-13-4-2-3-11(9-13)10-19-7-5-12(6-8-19)14(15,16)17/h2-4,9,12,18H,5-8,10H2,1H3. The second kappa shape index (κ2) is 5.82. The van der Waals surface area contributed by atoms with Crippen molar-refractivity contribution in [2.75, 3.05) is 25.5 Å². The van der Waals surface area contributed by atoms with Crippen LogP contribution in [0.3, 0.4) is 0 Å². The molecule has 1 N–H and O–H groups in total. The zero-order valence-electron chi connectivity index (χ0n) is 11.0. The zero-order valence-corrected chi connectivity index (χ0v) is 11.0. The van der Waals surface area contributed by atoms with E-state index >= 15 is 0 Å². The largest absolute Gasteiger partial charge is 0.391 e. The van der Waals surface area contributed by atoms with Crippen molar-refractivity contribution in [3.63, 3.8) is 0 Å². The highest BCUT2D eigenvalue weighted by Crippen LogP contribution is 2.34.